The van der Waals surface area contributed by atoms with Gasteiger partial charge in [0.15, 0.2) is 5.82 Å². The number of carbonyl (C=O) groups excluding carboxylic acids is 1. The van der Waals surface area contributed by atoms with Gasteiger partial charge >= 0.3 is 0 Å². The number of nitriles is 1. The Morgan fingerprint density at radius 3 is 2.49 bits per heavy atom. The fourth-order valence-corrected chi connectivity index (χ4v) is 5.34. The van der Waals surface area contributed by atoms with Crippen LogP contribution < -0.4 is 9.74 Å². The number of para-hydroxylation sites is 1. The molecule has 2 heterocycles. The predicted molar refractivity (Wildman–Crippen MR) is 157 cm³/mol. The van der Waals surface area contributed by atoms with Crippen molar-refractivity contribution in [2.75, 3.05) is 5.32 Å². The first kappa shape index (κ1) is 27.7. The van der Waals surface area contributed by atoms with Crippen molar-refractivity contribution < 1.29 is 14.1 Å². The van der Waals surface area contributed by atoms with Crippen LogP contribution >= 0.6 is 11.3 Å². The zero-order valence-electron chi connectivity index (χ0n) is 22.3. The molecular formula is C29H28N4O4SSi. The summed E-state index contributed by atoms with van der Waals surface area (Å²) in [5, 5.41) is 27.9. The van der Waals surface area contributed by atoms with E-state index in [0.717, 1.165) is 0 Å². The van der Waals surface area contributed by atoms with E-state index in [0.29, 0.717) is 33.7 Å². The number of nitrogens with one attached hydrogen (secondary N) is 1. The standard InChI is InChI=1S/C29H28N4O4SSi/c1-29(2,3)39(4,5)37-26-12-7-6-11-22(26)25-16-23(19-9-8-10-21(15-19)33(35)36)24(17-30)27(31-25)32-28(34)20-13-14-38-18-20/h6-16,18H,1-5H3,(H,31,32,34). The van der Waals surface area contributed by atoms with Crippen molar-refractivity contribution in [3.05, 3.63) is 92.7 Å². The van der Waals surface area contributed by atoms with E-state index in [4.69, 9.17) is 9.41 Å². The normalized spacial score (nSPS) is 11.5. The lowest BCUT2D eigenvalue weighted by atomic mass is 9.97. The van der Waals surface area contributed by atoms with Gasteiger partial charge in [0.25, 0.3) is 19.9 Å². The van der Waals surface area contributed by atoms with Crippen molar-refractivity contribution in [1.82, 2.24) is 4.98 Å². The second-order valence-corrected chi connectivity index (χ2v) is 16.0. The van der Waals surface area contributed by atoms with E-state index in [-0.39, 0.29) is 22.1 Å². The highest BCUT2D eigenvalue weighted by molar-refractivity contribution is 7.08. The van der Waals surface area contributed by atoms with Gasteiger partial charge in [0.05, 0.1) is 16.2 Å². The Morgan fingerprint density at radius 1 is 1.10 bits per heavy atom. The molecule has 1 amide bonds. The number of carbonyl (C=O) groups is 1. The molecule has 8 nitrogen and oxygen atoms in total. The Hall–Kier alpha value is -4.33. The Balaban J connectivity index is 1.93. The van der Waals surface area contributed by atoms with E-state index in [1.807, 2.05) is 24.3 Å². The molecule has 39 heavy (non-hydrogen) atoms. The Labute approximate surface area is 232 Å². The van der Waals surface area contributed by atoms with Crippen molar-refractivity contribution in [2.45, 2.75) is 38.9 Å². The molecule has 0 aliphatic carbocycles. The summed E-state index contributed by atoms with van der Waals surface area (Å²) in [6.07, 6.45) is 0. The fraction of sp³-hybridized carbons (Fsp3) is 0.207. The first-order valence-corrected chi connectivity index (χ1v) is 16.1. The van der Waals surface area contributed by atoms with Crippen LogP contribution in [0, 0.1) is 21.4 Å². The molecular weight excluding hydrogens is 528 g/mol. The number of rotatable bonds is 7. The van der Waals surface area contributed by atoms with Crippen molar-refractivity contribution in [3.63, 3.8) is 0 Å². The molecule has 0 radical (unpaired) electrons. The van der Waals surface area contributed by atoms with Gasteiger partial charge in [-0.05, 0) is 53.3 Å². The van der Waals surface area contributed by atoms with Gasteiger partial charge in [-0.15, -0.1) is 0 Å². The molecule has 0 atom stereocenters. The summed E-state index contributed by atoms with van der Waals surface area (Å²) in [4.78, 5) is 28.7. The van der Waals surface area contributed by atoms with Crippen molar-refractivity contribution in [1.29, 1.82) is 5.26 Å². The van der Waals surface area contributed by atoms with E-state index in [1.54, 1.807) is 35.0 Å². The number of hydrogen-bond donors (Lipinski definition) is 1. The van der Waals surface area contributed by atoms with Crippen LogP contribution in [0.4, 0.5) is 11.5 Å². The molecule has 0 fully saturated rings. The second kappa shape index (κ2) is 10.8. The monoisotopic (exact) mass is 556 g/mol. The molecule has 0 aliphatic rings. The molecule has 0 unspecified atom stereocenters. The van der Waals surface area contributed by atoms with Gasteiger partial charge in [0, 0.05) is 28.6 Å². The molecule has 4 aromatic rings. The number of nitro benzene ring substituents is 1. The molecule has 0 aliphatic heterocycles. The predicted octanol–water partition coefficient (Wildman–Crippen LogP) is 7.89. The Kier molecular flexibility index (Phi) is 7.67. The number of nitrogens with zero attached hydrogens (tertiary/aromatic N) is 3. The van der Waals surface area contributed by atoms with Gasteiger partial charge in [0.1, 0.15) is 17.4 Å². The summed E-state index contributed by atoms with van der Waals surface area (Å²) < 4.78 is 6.64. The highest BCUT2D eigenvalue weighted by Gasteiger charge is 2.39. The molecule has 0 spiro atoms. The summed E-state index contributed by atoms with van der Waals surface area (Å²) in [7, 11) is -2.23. The van der Waals surface area contributed by atoms with Crippen molar-refractivity contribution in [2.24, 2.45) is 0 Å². The van der Waals surface area contributed by atoms with E-state index in [1.165, 1.54) is 23.5 Å². The van der Waals surface area contributed by atoms with Gasteiger partial charge in [0.2, 0.25) is 0 Å². The summed E-state index contributed by atoms with van der Waals surface area (Å²) in [6, 6.07) is 19.1. The van der Waals surface area contributed by atoms with Gasteiger partial charge in [-0.3, -0.25) is 14.9 Å². The zero-order valence-corrected chi connectivity index (χ0v) is 24.1. The molecule has 2 aromatic heterocycles. The van der Waals surface area contributed by atoms with E-state index >= 15 is 0 Å². The summed E-state index contributed by atoms with van der Waals surface area (Å²) in [5.74, 6) is 0.296. The molecule has 2 aromatic carbocycles. The van der Waals surface area contributed by atoms with Crippen LogP contribution in [-0.2, 0) is 0 Å². The van der Waals surface area contributed by atoms with Gasteiger partial charge in [-0.25, -0.2) is 4.98 Å². The number of benzene rings is 2. The number of non-ortho nitro benzene ring substituents is 1. The maximum Gasteiger partial charge on any atom is 0.270 e. The lowest BCUT2D eigenvalue weighted by molar-refractivity contribution is -0.384. The number of thiophene rings is 1. The lowest BCUT2D eigenvalue weighted by Crippen LogP contribution is -2.44. The van der Waals surface area contributed by atoms with Crippen LogP contribution in [0.5, 0.6) is 5.75 Å². The van der Waals surface area contributed by atoms with Crippen LogP contribution in [0.15, 0.2) is 71.4 Å². The number of amides is 1. The first-order chi connectivity index (χ1) is 18.4. The fourth-order valence-electron chi connectivity index (χ4n) is 3.67. The quantitative estimate of drug-likeness (QED) is 0.140. The van der Waals surface area contributed by atoms with E-state index < -0.39 is 19.1 Å². The Bertz CT molecular complexity index is 1590. The molecule has 0 saturated carbocycles. The molecule has 1 N–H and O–H groups in total. The molecule has 0 saturated heterocycles. The summed E-state index contributed by atoms with van der Waals surface area (Å²) in [5.41, 5.74) is 2.45. The number of anilines is 1. The van der Waals surface area contributed by atoms with Crippen molar-refractivity contribution in [3.8, 4) is 34.2 Å². The highest BCUT2D eigenvalue weighted by atomic mass is 32.1. The van der Waals surface area contributed by atoms with Crippen LogP contribution in [0.2, 0.25) is 18.1 Å². The minimum absolute atomic E-state index is 0.0496. The number of pyridine rings is 1. The smallest absolute Gasteiger partial charge is 0.270 e. The SMILES string of the molecule is CC(C)(C)[Si](C)(C)Oc1ccccc1-c1cc(-c2cccc([N+](=O)[O-])c2)c(C#N)c(NC(=O)c2ccsc2)n1. The van der Waals surface area contributed by atoms with E-state index in [9.17, 15) is 20.2 Å². The van der Waals surface area contributed by atoms with Gasteiger partial charge < -0.3 is 9.74 Å². The van der Waals surface area contributed by atoms with Crippen molar-refractivity contribution >= 4 is 37.1 Å². The van der Waals surface area contributed by atoms with E-state index in [2.05, 4.69) is 45.3 Å². The largest absolute Gasteiger partial charge is 0.543 e. The third-order valence-electron chi connectivity index (χ3n) is 6.85. The zero-order chi connectivity index (χ0) is 28.4. The third-order valence-corrected chi connectivity index (χ3v) is 11.9. The summed E-state index contributed by atoms with van der Waals surface area (Å²) >= 11 is 1.38. The molecule has 198 valence electrons. The minimum Gasteiger partial charge on any atom is -0.543 e. The molecule has 10 heteroatoms. The number of aromatic nitrogens is 1. The van der Waals surface area contributed by atoms with Crippen LogP contribution in [0.3, 0.4) is 0 Å². The van der Waals surface area contributed by atoms with Gasteiger partial charge in [-0.1, -0.05) is 45.0 Å². The first-order valence-electron chi connectivity index (χ1n) is 12.2. The van der Waals surface area contributed by atoms with Crippen LogP contribution in [0.25, 0.3) is 22.4 Å². The average molecular weight is 557 g/mol. The maximum atomic E-state index is 13.0. The topological polar surface area (TPSA) is 118 Å². The number of nitro groups is 1. The Morgan fingerprint density at radius 2 is 1.85 bits per heavy atom. The van der Waals surface area contributed by atoms with Crippen LogP contribution in [-0.4, -0.2) is 24.1 Å². The molecule has 4 rings (SSSR count). The minimum atomic E-state index is -2.23. The number of hydrogen-bond acceptors (Lipinski definition) is 7. The second-order valence-electron chi connectivity index (χ2n) is 10.5. The molecule has 0 bridgehead atoms. The third kappa shape index (κ3) is 5.90. The van der Waals surface area contributed by atoms with Crippen LogP contribution in [0.1, 0.15) is 36.7 Å². The lowest BCUT2D eigenvalue weighted by Gasteiger charge is -2.37. The average Bonchev–Trinajstić information content (AvgIpc) is 3.43. The highest BCUT2D eigenvalue weighted by Crippen LogP contribution is 2.41. The maximum absolute atomic E-state index is 13.0. The van der Waals surface area contributed by atoms with Gasteiger partial charge in [-0.2, -0.15) is 16.6 Å². The summed E-state index contributed by atoms with van der Waals surface area (Å²) in [6.45, 7) is 10.8.